The van der Waals surface area contributed by atoms with Crippen LogP contribution < -0.4 is 5.32 Å². The van der Waals surface area contributed by atoms with Gasteiger partial charge in [-0.2, -0.15) is 0 Å². The van der Waals surface area contributed by atoms with E-state index in [9.17, 15) is 4.79 Å². The summed E-state index contributed by atoms with van der Waals surface area (Å²) in [6.07, 6.45) is 3.31. The standard InChI is InChI=1S/C12H17NOS/c1-4-6-11(14)13-12(9(2)3)10-7-5-8-15-10/h4-9,12H,1-3H3,(H,13,14). The van der Waals surface area contributed by atoms with E-state index in [4.69, 9.17) is 0 Å². The van der Waals surface area contributed by atoms with E-state index in [0.717, 1.165) is 0 Å². The molecular formula is C12H17NOS. The molecule has 1 unspecified atom stereocenters. The summed E-state index contributed by atoms with van der Waals surface area (Å²) in [6, 6.07) is 4.19. The molecule has 15 heavy (non-hydrogen) atoms. The minimum absolute atomic E-state index is 0.0235. The fraction of sp³-hybridized carbons (Fsp3) is 0.417. The molecule has 2 nitrogen and oxygen atoms in total. The van der Waals surface area contributed by atoms with Crippen LogP contribution in [-0.4, -0.2) is 5.91 Å². The van der Waals surface area contributed by atoms with E-state index in [1.807, 2.05) is 18.4 Å². The first-order valence-electron chi connectivity index (χ1n) is 5.11. The normalized spacial score (nSPS) is 13.3. The minimum atomic E-state index is -0.0235. The lowest BCUT2D eigenvalue weighted by Crippen LogP contribution is -2.29. The second-order valence-corrected chi connectivity index (χ2v) is 4.72. The van der Waals surface area contributed by atoms with E-state index in [1.54, 1.807) is 23.5 Å². The lowest BCUT2D eigenvalue weighted by molar-refractivity contribution is -0.117. The molecule has 0 radical (unpaired) electrons. The third-order valence-corrected chi connectivity index (χ3v) is 3.09. The molecule has 1 aromatic heterocycles. The van der Waals surface area contributed by atoms with Gasteiger partial charge in [0.15, 0.2) is 0 Å². The molecule has 0 aromatic carbocycles. The van der Waals surface area contributed by atoms with Crippen LogP contribution in [0.1, 0.15) is 31.7 Å². The Kier molecular flexibility index (Phi) is 4.56. The van der Waals surface area contributed by atoms with Gasteiger partial charge in [-0.05, 0) is 30.4 Å². The topological polar surface area (TPSA) is 29.1 Å². The molecule has 82 valence electrons. The highest BCUT2D eigenvalue weighted by Gasteiger charge is 2.17. The fourth-order valence-electron chi connectivity index (χ4n) is 1.39. The van der Waals surface area contributed by atoms with E-state index in [2.05, 4.69) is 25.2 Å². The van der Waals surface area contributed by atoms with E-state index in [-0.39, 0.29) is 11.9 Å². The number of nitrogens with one attached hydrogen (secondary N) is 1. The van der Waals surface area contributed by atoms with Crippen molar-refractivity contribution in [3.8, 4) is 0 Å². The van der Waals surface area contributed by atoms with Gasteiger partial charge in [0.05, 0.1) is 6.04 Å². The SMILES string of the molecule is CC=CC(=O)NC(c1cccs1)C(C)C. The summed E-state index contributed by atoms with van der Waals surface area (Å²) < 4.78 is 0. The highest BCUT2D eigenvalue weighted by molar-refractivity contribution is 7.10. The third kappa shape index (κ3) is 3.51. The van der Waals surface area contributed by atoms with Gasteiger partial charge in [-0.1, -0.05) is 26.0 Å². The summed E-state index contributed by atoms with van der Waals surface area (Å²) in [6.45, 7) is 6.07. The van der Waals surface area contributed by atoms with Gasteiger partial charge in [0.2, 0.25) is 5.91 Å². The zero-order valence-corrected chi connectivity index (χ0v) is 10.2. The molecule has 0 aliphatic heterocycles. The van der Waals surface area contributed by atoms with Crippen LogP contribution in [0.2, 0.25) is 0 Å². The maximum absolute atomic E-state index is 11.5. The first kappa shape index (κ1) is 12.0. The number of carbonyl (C=O) groups excluding carboxylic acids is 1. The first-order chi connectivity index (χ1) is 7.15. The second kappa shape index (κ2) is 5.71. The van der Waals surface area contributed by atoms with Crippen molar-refractivity contribution in [2.24, 2.45) is 5.92 Å². The summed E-state index contributed by atoms with van der Waals surface area (Å²) in [7, 11) is 0. The van der Waals surface area contributed by atoms with Crippen molar-refractivity contribution in [2.75, 3.05) is 0 Å². The molecule has 3 heteroatoms. The first-order valence-corrected chi connectivity index (χ1v) is 5.99. The molecule has 1 amide bonds. The highest BCUT2D eigenvalue weighted by atomic mass is 32.1. The Morgan fingerprint density at radius 3 is 2.73 bits per heavy atom. The van der Waals surface area contributed by atoms with Gasteiger partial charge < -0.3 is 5.32 Å². The van der Waals surface area contributed by atoms with Gasteiger partial charge in [-0.3, -0.25) is 4.79 Å². The van der Waals surface area contributed by atoms with Gasteiger partial charge >= 0.3 is 0 Å². The number of allylic oxidation sites excluding steroid dienone is 1. The summed E-state index contributed by atoms with van der Waals surface area (Å²) in [4.78, 5) is 12.7. The molecule has 0 spiro atoms. The van der Waals surface area contributed by atoms with Crippen LogP contribution >= 0.6 is 11.3 Å². The Morgan fingerprint density at radius 1 is 1.53 bits per heavy atom. The van der Waals surface area contributed by atoms with Crippen LogP contribution in [0.15, 0.2) is 29.7 Å². The highest BCUT2D eigenvalue weighted by Crippen LogP contribution is 2.25. The van der Waals surface area contributed by atoms with Crippen LogP contribution in [0.4, 0.5) is 0 Å². The smallest absolute Gasteiger partial charge is 0.244 e. The Hall–Kier alpha value is -1.09. The summed E-state index contributed by atoms with van der Waals surface area (Å²) in [5.74, 6) is 0.377. The maximum Gasteiger partial charge on any atom is 0.244 e. The van der Waals surface area contributed by atoms with Crippen molar-refractivity contribution in [1.82, 2.24) is 5.32 Å². The molecule has 1 rings (SSSR count). The Bertz CT molecular complexity index is 327. The molecule has 1 aromatic rings. The third-order valence-electron chi connectivity index (χ3n) is 2.13. The molecule has 0 aliphatic carbocycles. The minimum Gasteiger partial charge on any atom is -0.345 e. The second-order valence-electron chi connectivity index (χ2n) is 3.75. The number of amides is 1. The molecule has 0 saturated carbocycles. The lowest BCUT2D eigenvalue weighted by atomic mass is 10.0. The van der Waals surface area contributed by atoms with Crippen molar-refractivity contribution in [3.05, 3.63) is 34.5 Å². The van der Waals surface area contributed by atoms with E-state index >= 15 is 0 Å². The number of carbonyl (C=O) groups is 1. The number of rotatable bonds is 4. The summed E-state index contributed by atoms with van der Waals surface area (Å²) >= 11 is 1.68. The van der Waals surface area contributed by atoms with Gasteiger partial charge in [0.25, 0.3) is 0 Å². The van der Waals surface area contributed by atoms with Crippen LogP contribution in [0.5, 0.6) is 0 Å². The van der Waals surface area contributed by atoms with Crippen LogP contribution in [-0.2, 0) is 4.79 Å². The fourth-order valence-corrected chi connectivity index (χ4v) is 2.34. The Morgan fingerprint density at radius 2 is 2.27 bits per heavy atom. The van der Waals surface area contributed by atoms with Gasteiger partial charge in [0.1, 0.15) is 0 Å². The van der Waals surface area contributed by atoms with Crippen molar-refractivity contribution >= 4 is 17.2 Å². The summed E-state index contributed by atoms with van der Waals surface area (Å²) in [5.41, 5.74) is 0. The molecule has 0 fully saturated rings. The zero-order chi connectivity index (χ0) is 11.3. The monoisotopic (exact) mass is 223 g/mol. The number of hydrogen-bond donors (Lipinski definition) is 1. The van der Waals surface area contributed by atoms with Crippen LogP contribution in [0.3, 0.4) is 0 Å². The zero-order valence-electron chi connectivity index (χ0n) is 9.36. The molecule has 0 saturated heterocycles. The van der Waals surface area contributed by atoms with Crippen molar-refractivity contribution in [2.45, 2.75) is 26.8 Å². The van der Waals surface area contributed by atoms with E-state index < -0.39 is 0 Å². The van der Waals surface area contributed by atoms with E-state index in [0.29, 0.717) is 5.92 Å². The average Bonchev–Trinajstić information content (AvgIpc) is 2.66. The van der Waals surface area contributed by atoms with Gasteiger partial charge in [-0.15, -0.1) is 11.3 Å². The lowest BCUT2D eigenvalue weighted by Gasteiger charge is -2.20. The molecule has 0 aliphatic rings. The van der Waals surface area contributed by atoms with E-state index in [1.165, 1.54) is 4.88 Å². The van der Waals surface area contributed by atoms with Gasteiger partial charge in [0, 0.05) is 4.88 Å². The van der Waals surface area contributed by atoms with Crippen molar-refractivity contribution < 1.29 is 4.79 Å². The molecular weight excluding hydrogens is 206 g/mol. The molecule has 0 bridgehead atoms. The van der Waals surface area contributed by atoms with Crippen molar-refractivity contribution in [1.29, 1.82) is 0 Å². The summed E-state index contributed by atoms with van der Waals surface area (Å²) in [5, 5.41) is 5.04. The number of hydrogen-bond acceptors (Lipinski definition) is 2. The predicted molar refractivity (Wildman–Crippen MR) is 64.9 cm³/mol. The largest absolute Gasteiger partial charge is 0.345 e. The molecule has 1 atom stereocenters. The molecule has 1 N–H and O–H groups in total. The average molecular weight is 223 g/mol. The quantitative estimate of drug-likeness (QED) is 0.781. The van der Waals surface area contributed by atoms with Gasteiger partial charge in [-0.25, -0.2) is 0 Å². The predicted octanol–water partition coefficient (Wildman–Crippen LogP) is 3.14. The number of thiophene rings is 1. The maximum atomic E-state index is 11.5. The van der Waals surface area contributed by atoms with Crippen LogP contribution in [0, 0.1) is 5.92 Å². The molecule has 1 heterocycles. The Balaban J connectivity index is 2.72. The van der Waals surface area contributed by atoms with Crippen molar-refractivity contribution in [3.63, 3.8) is 0 Å². The Labute approximate surface area is 95.0 Å². The van der Waals surface area contributed by atoms with Crippen LogP contribution in [0.25, 0.3) is 0 Å².